The number of alkyl halides is 3. The lowest BCUT2D eigenvalue weighted by Crippen LogP contribution is -2.51. The fraction of sp³-hybridized carbons (Fsp3) is 0.226. The van der Waals surface area contributed by atoms with Crippen LogP contribution >= 0.6 is 0 Å². The van der Waals surface area contributed by atoms with Crippen LogP contribution in [0.25, 0.3) is 12.2 Å². The van der Waals surface area contributed by atoms with Crippen molar-refractivity contribution >= 4 is 33.9 Å². The Kier molecular flexibility index (Phi) is 9.64. The van der Waals surface area contributed by atoms with Gasteiger partial charge >= 0.3 is 6.18 Å². The Balaban J connectivity index is 1.24. The first kappa shape index (κ1) is 30.7. The van der Waals surface area contributed by atoms with Crippen LogP contribution in [-0.2, 0) is 25.8 Å². The fourth-order valence-electron chi connectivity index (χ4n) is 4.16. The van der Waals surface area contributed by atoms with Gasteiger partial charge < -0.3 is 9.64 Å². The molecule has 0 atom stereocenters. The van der Waals surface area contributed by atoms with Gasteiger partial charge in [0.2, 0.25) is 10.0 Å². The van der Waals surface area contributed by atoms with Gasteiger partial charge in [0.15, 0.2) is 12.4 Å². The maximum Gasteiger partial charge on any atom is 0.416 e. The molecule has 1 aliphatic rings. The number of ketones is 1. The van der Waals surface area contributed by atoms with Crippen LogP contribution in [0.4, 0.5) is 13.2 Å². The minimum absolute atomic E-state index is 0.0513. The molecule has 0 bridgehead atoms. The van der Waals surface area contributed by atoms with Crippen molar-refractivity contribution in [2.24, 2.45) is 0 Å². The molecule has 1 heterocycles. The van der Waals surface area contributed by atoms with Gasteiger partial charge in [0.05, 0.1) is 10.5 Å². The van der Waals surface area contributed by atoms with Crippen molar-refractivity contribution in [2.75, 3.05) is 32.8 Å². The molecule has 0 N–H and O–H groups in total. The van der Waals surface area contributed by atoms with E-state index in [1.165, 1.54) is 17.1 Å². The van der Waals surface area contributed by atoms with Crippen LogP contribution in [0.5, 0.6) is 5.75 Å². The molecule has 3 aromatic rings. The van der Waals surface area contributed by atoms with Gasteiger partial charge in [-0.2, -0.15) is 17.5 Å². The number of amides is 1. The van der Waals surface area contributed by atoms with E-state index in [-0.39, 0.29) is 44.5 Å². The van der Waals surface area contributed by atoms with E-state index in [0.717, 1.165) is 39.2 Å². The molecule has 1 aliphatic heterocycles. The predicted octanol–water partition coefficient (Wildman–Crippen LogP) is 5.22. The molecule has 4 rings (SSSR count). The van der Waals surface area contributed by atoms with Crippen LogP contribution in [0.3, 0.4) is 0 Å². The summed E-state index contributed by atoms with van der Waals surface area (Å²) in [5, 5.41) is 0. The van der Waals surface area contributed by atoms with Crippen LogP contribution in [0.2, 0.25) is 0 Å². The average Bonchev–Trinajstić information content (AvgIpc) is 2.98. The minimum atomic E-state index is -4.66. The first-order valence-corrected chi connectivity index (χ1v) is 14.5. The molecular formula is C31H29F3N2O5S. The third-order valence-electron chi connectivity index (χ3n) is 6.59. The number of carbonyl (C=O) groups excluding carboxylic acids is 2. The standard InChI is InChI=1S/C31H29F3N2O5S/c1-23-5-7-24(8-6-23)9-13-27(37)14-10-25-11-15-28(16-12-25)41-22-30(38)35-17-19-36(20-18-35)42(39,40)29-4-2-3-26(21-29)31(32,33)34/h2-16,21H,17-20,22H2,1H3. The van der Waals surface area contributed by atoms with Gasteiger partial charge in [0.25, 0.3) is 5.91 Å². The Labute approximate surface area is 242 Å². The zero-order valence-corrected chi connectivity index (χ0v) is 23.6. The van der Waals surface area contributed by atoms with Crippen LogP contribution in [0.1, 0.15) is 22.3 Å². The minimum Gasteiger partial charge on any atom is -0.484 e. The SMILES string of the molecule is Cc1ccc(C=CC(=O)C=Cc2ccc(OCC(=O)N3CCN(S(=O)(=O)c4cccc(C(F)(F)F)c4)CC3)cc2)cc1. The van der Waals surface area contributed by atoms with Crippen molar-refractivity contribution in [1.29, 1.82) is 0 Å². The highest BCUT2D eigenvalue weighted by Gasteiger charge is 2.34. The van der Waals surface area contributed by atoms with E-state index in [0.29, 0.717) is 11.8 Å². The monoisotopic (exact) mass is 598 g/mol. The van der Waals surface area contributed by atoms with Crippen molar-refractivity contribution in [3.05, 3.63) is 107 Å². The molecule has 0 spiro atoms. The van der Waals surface area contributed by atoms with E-state index in [1.54, 1.807) is 36.4 Å². The zero-order chi connectivity index (χ0) is 30.3. The zero-order valence-electron chi connectivity index (χ0n) is 22.8. The van der Waals surface area contributed by atoms with Crippen molar-refractivity contribution in [3.8, 4) is 5.75 Å². The Morgan fingerprint density at radius 1 is 0.857 bits per heavy atom. The van der Waals surface area contributed by atoms with Gasteiger partial charge in [-0.15, -0.1) is 0 Å². The molecule has 11 heteroatoms. The normalized spacial score (nSPS) is 14.9. The van der Waals surface area contributed by atoms with Gasteiger partial charge in [0, 0.05) is 26.2 Å². The van der Waals surface area contributed by atoms with Gasteiger partial charge in [-0.05, 0) is 60.5 Å². The quantitative estimate of drug-likeness (QED) is 0.316. The number of halogens is 3. The lowest BCUT2D eigenvalue weighted by Gasteiger charge is -2.34. The Hall–Kier alpha value is -4.22. The van der Waals surface area contributed by atoms with Gasteiger partial charge in [0.1, 0.15) is 5.75 Å². The molecule has 0 aromatic heterocycles. The molecule has 1 fully saturated rings. The summed E-state index contributed by atoms with van der Waals surface area (Å²) in [6.07, 6.45) is 1.70. The number of aryl methyl sites for hydroxylation is 1. The van der Waals surface area contributed by atoms with Crippen LogP contribution in [0, 0.1) is 6.92 Å². The molecule has 1 saturated heterocycles. The molecular weight excluding hydrogens is 569 g/mol. The lowest BCUT2D eigenvalue weighted by molar-refractivity contribution is -0.138. The maximum atomic E-state index is 13.0. The number of hydrogen-bond donors (Lipinski definition) is 0. The summed E-state index contributed by atoms with van der Waals surface area (Å²) < 4.78 is 71.4. The number of rotatable bonds is 9. The van der Waals surface area contributed by atoms with Crippen molar-refractivity contribution < 1.29 is 35.9 Å². The number of allylic oxidation sites excluding steroid dienone is 2. The number of sulfonamides is 1. The molecule has 0 saturated carbocycles. The van der Waals surface area contributed by atoms with Crippen molar-refractivity contribution in [3.63, 3.8) is 0 Å². The molecule has 0 radical (unpaired) electrons. The largest absolute Gasteiger partial charge is 0.484 e. The molecule has 220 valence electrons. The van der Waals surface area contributed by atoms with E-state index >= 15 is 0 Å². The van der Waals surface area contributed by atoms with Crippen LogP contribution in [-0.4, -0.2) is 62.1 Å². The maximum absolute atomic E-state index is 13.0. The summed E-state index contributed by atoms with van der Waals surface area (Å²) in [4.78, 5) is 25.8. The van der Waals surface area contributed by atoms with Crippen molar-refractivity contribution in [1.82, 2.24) is 9.21 Å². The summed E-state index contributed by atoms with van der Waals surface area (Å²) in [5.41, 5.74) is 1.79. The summed E-state index contributed by atoms with van der Waals surface area (Å²) in [7, 11) is -4.15. The van der Waals surface area contributed by atoms with E-state index in [1.807, 2.05) is 31.2 Å². The summed E-state index contributed by atoms with van der Waals surface area (Å²) in [6.45, 7) is 1.78. The lowest BCUT2D eigenvalue weighted by atomic mass is 10.1. The Bertz CT molecular complexity index is 1570. The second kappa shape index (κ2) is 13.2. The van der Waals surface area contributed by atoms with E-state index in [4.69, 9.17) is 4.74 Å². The molecule has 0 unspecified atom stereocenters. The van der Waals surface area contributed by atoms with Crippen LogP contribution < -0.4 is 4.74 Å². The number of hydrogen-bond acceptors (Lipinski definition) is 5. The first-order valence-electron chi connectivity index (χ1n) is 13.1. The molecule has 42 heavy (non-hydrogen) atoms. The topological polar surface area (TPSA) is 84.0 Å². The van der Waals surface area contributed by atoms with Crippen molar-refractivity contribution in [2.45, 2.75) is 18.0 Å². The fourth-order valence-corrected chi connectivity index (χ4v) is 5.63. The summed E-state index contributed by atoms with van der Waals surface area (Å²) in [5.74, 6) is -0.0675. The highest BCUT2D eigenvalue weighted by molar-refractivity contribution is 7.89. The number of ether oxygens (including phenoxy) is 1. The second-order valence-electron chi connectivity index (χ2n) is 9.65. The second-order valence-corrected chi connectivity index (χ2v) is 11.6. The molecule has 0 aliphatic carbocycles. The average molecular weight is 599 g/mol. The smallest absolute Gasteiger partial charge is 0.416 e. The van der Waals surface area contributed by atoms with Crippen LogP contribution in [0.15, 0.2) is 89.8 Å². The summed E-state index contributed by atoms with van der Waals surface area (Å²) >= 11 is 0. The Morgan fingerprint density at radius 2 is 1.43 bits per heavy atom. The first-order chi connectivity index (χ1) is 19.9. The highest BCUT2D eigenvalue weighted by atomic mass is 32.2. The molecule has 3 aromatic carbocycles. The number of piperazine rings is 1. The highest BCUT2D eigenvalue weighted by Crippen LogP contribution is 2.31. The predicted molar refractivity (Wildman–Crippen MR) is 153 cm³/mol. The molecule has 1 amide bonds. The summed E-state index contributed by atoms with van der Waals surface area (Å²) in [6, 6.07) is 18.2. The van der Waals surface area contributed by atoms with E-state index < -0.39 is 26.7 Å². The number of benzene rings is 3. The third-order valence-corrected chi connectivity index (χ3v) is 8.48. The van der Waals surface area contributed by atoms with Gasteiger partial charge in [-0.25, -0.2) is 8.42 Å². The van der Waals surface area contributed by atoms with E-state index in [2.05, 4.69) is 0 Å². The molecule has 7 nitrogen and oxygen atoms in total. The number of nitrogens with zero attached hydrogens (tertiary/aromatic N) is 2. The number of carbonyl (C=O) groups is 2. The van der Waals surface area contributed by atoms with E-state index in [9.17, 15) is 31.2 Å². The van der Waals surface area contributed by atoms with Gasteiger partial charge in [-0.1, -0.05) is 60.2 Å². The third kappa shape index (κ3) is 8.17. The Morgan fingerprint density at radius 3 is 2.00 bits per heavy atom. The van der Waals surface area contributed by atoms with Gasteiger partial charge in [-0.3, -0.25) is 9.59 Å².